The van der Waals surface area contributed by atoms with Crippen molar-refractivity contribution >= 4 is 16.7 Å². The van der Waals surface area contributed by atoms with Crippen molar-refractivity contribution in [2.45, 2.75) is 6.61 Å². The van der Waals surface area contributed by atoms with Crippen molar-refractivity contribution in [3.05, 3.63) is 60.4 Å². The summed E-state index contributed by atoms with van der Waals surface area (Å²) in [7, 11) is 0. The first-order chi connectivity index (χ1) is 11.0. The van der Waals surface area contributed by atoms with E-state index in [0.29, 0.717) is 5.56 Å². The third-order valence-corrected chi connectivity index (χ3v) is 3.44. The van der Waals surface area contributed by atoms with Gasteiger partial charge in [-0.1, -0.05) is 18.2 Å². The molecular formula is C17H12F2N2O2. The number of alkyl halides is 2. The molecule has 0 spiro atoms. The van der Waals surface area contributed by atoms with Gasteiger partial charge in [0.15, 0.2) is 0 Å². The molecule has 0 saturated carbocycles. The van der Waals surface area contributed by atoms with Gasteiger partial charge in [-0.15, -0.1) is 0 Å². The number of carbonyl (C=O) groups excluding carboxylic acids is 1. The summed E-state index contributed by atoms with van der Waals surface area (Å²) in [5, 5.41) is 1.65. The standard InChI is InChI=1S/C17H12F2N2O2/c18-17(19)23-13-5-3-10(4-6-13)15-9-21-8-12-2-1-11(16(20)22)7-14(12)15/h1-9,17H,(H2,20,22). The number of amides is 1. The van der Waals surface area contributed by atoms with Gasteiger partial charge in [-0.3, -0.25) is 9.78 Å². The molecule has 2 N–H and O–H groups in total. The lowest BCUT2D eigenvalue weighted by Crippen LogP contribution is -2.10. The average molecular weight is 314 g/mol. The number of benzene rings is 2. The number of nitrogens with zero attached hydrogens (tertiary/aromatic N) is 1. The number of pyridine rings is 1. The Balaban J connectivity index is 2.08. The minimum atomic E-state index is -2.86. The monoisotopic (exact) mass is 314 g/mol. The molecule has 0 radical (unpaired) electrons. The Kier molecular flexibility index (Phi) is 3.89. The van der Waals surface area contributed by atoms with Crippen LogP contribution in [-0.2, 0) is 0 Å². The van der Waals surface area contributed by atoms with E-state index >= 15 is 0 Å². The molecule has 1 aromatic heterocycles. The number of rotatable bonds is 4. The fourth-order valence-electron chi connectivity index (χ4n) is 2.36. The molecule has 116 valence electrons. The van der Waals surface area contributed by atoms with Crippen LogP contribution in [0.4, 0.5) is 8.78 Å². The van der Waals surface area contributed by atoms with Crippen LogP contribution in [0, 0.1) is 0 Å². The smallest absolute Gasteiger partial charge is 0.387 e. The summed E-state index contributed by atoms with van der Waals surface area (Å²) < 4.78 is 28.7. The second-order valence-electron chi connectivity index (χ2n) is 4.89. The summed E-state index contributed by atoms with van der Waals surface area (Å²) in [6.45, 7) is -2.86. The van der Waals surface area contributed by atoms with E-state index in [-0.39, 0.29) is 5.75 Å². The van der Waals surface area contributed by atoms with E-state index in [0.717, 1.165) is 21.9 Å². The molecule has 23 heavy (non-hydrogen) atoms. The molecule has 0 aliphatic rings. The minimum Gasteiger partial charge on any atom is -0.435 e. The summed E-state index contributed by atoms with van der Waals surface area (Å²) >= 11 is 0. The molecule has 1 heterocycles. The Morgan fingerprint density at radius 3 is 2.48 bits per heavy atom. The topological polar surface area (TPSA) is 65.2 Å². The summed E-state index contributed by atoms with van der Waals surface area (Å²) in [6.07, 6.45) is 3.33. The normalized spacial score (nSPS) is 10.9. The molecule has 3 rings (SSSR count). The number of primary amides is 1. The number of aromatic nitrogens is 1. The van der Waals surface area contributed by atoms with Gasteiger partial charge >= 0.3 is 6.61 Å². The highest BCUT2D eigenvalue weighted by molar-refractivity contribution is 6.02. The largest absolute Gasteiger partial charge is 0.435 e. The zero-order chi connectivity index (χ0) is 16.4. The van der Waals surface area contributed by atoms with Crippen molar-refractivity contribution in [3.8, 4) is 16.9 Å². The molecule has 6 heteroatoms. The van der Waals surface area contributed by atoms with Gasteiger partial charge < -0.3 is 10.5 Å². The van der Waals surface area contributed by atoms with E-state index in [9.17, 15) is 13.6 Å². The van der Waals surface area contributed by atoms with Crippen LogP contribution in [0.1, 0.15) is 10.4 Å². The van der Waals surface area contributed by atoms with Crippen LogP contribution in [0.2, 0.25) is 0 Å². The van der Waals surface area contributed by atoms with Gasteiger partial charge in [0.1, 0.15) is 5.75 Å². The average Bonchev–Trinajstić information content (AvgIpc) is 2.54. The molecule has 0 aliphatic carbocycles. The molecule has 0 atom stereocenters. The molecule has 4 nitrogen and oxygen atoms in total. The number of halogens is 2. The number of hydrogen-bond donors (Lipinski definition) is 1. The van der Waals surface area contributed by atoms with E-state index in [2.05, 4.69) is 9.72 Å². The Labute approximate surface area is 130 Å². The number of nitrogens with two attached hydrogens (primary N) is 1. The first-order valence-corrected chi connectivity index (χ1v) is 6.77. The van der Waals surface area contributed by atoms with Gasteiger partial charge in [0.2, 0.25) is 5.91 Å². The second kappa shape index (κ2) is 6.00. The number of fused-ring (bicyclic) bond motifs is 1. The van der Waals surface area contributed by atoms with E-state index in [1.807, 2.05) is 0 Å². The number of carbonyl (C=O) groups is 1. The van der Waals surface area contributed by atoms with Gasteiger partial charge in [-0.25, -0.2) is 0 Å². The van der Waals surface area contributed by atoms with Crippen LogP contribution < -0.4 is 10.5 Å². The van der Waals surface area contributed by atoms with E-state index in [1.165, 1.54) is 12.1 Å². The molecule has 0 fully saturated rings. The van der Waals surface area contributed by atoms with Gasteiger partial charge in [-0.05, 0) is 35.2 Å². The van der Waals surface area contributed by atoms with Crippen molar-refractivity contribution < 1.29 is 18.3 Å². The first kappa shape index (κ1) is 14.9. The van der Waals surface area contributed by atoms with Crippen molar-refractivity contribution in [1.29, 1.82) is 0 Å². The maximum Gasteiger partial charge on any atom is 0.387 e. The fourth-order valence-corrected chi connectivity index (χ4v) is 2.36. The molecule has 3 aromatic rings. The van der Waals surface area contributed by atoms with Crippen molar-refractivity contribution in [2.24, 2.45) is 5.73 Å². The van der Waals surface area contributed by atoms with Crippen molar-refractivity contribution in [3.63, 3.8) is 0 Å². The highest BCUT2D eigenvalue weighted by atomic mass is 19.3. The van der Waals surface area contributed by atoms with Crippen LogP contribution >= 0.6 is 0 Å². The van der Waals surface area contributed by atoms with E-state index in [1.54, 1.807) is 42.7 Å². The Bertz CT molecular complexity index is 864. The van der Waals surface area contributed by atoms with Crippen LogP contribution in [0.15, 0.2) is 54.9 Å². The molecular weight excluding hydrogens is 302 g/mol. The SMILES string of the molecule is NC(=O)c1ccc2cncc(-c3ccc(OC(F)F)cc3)c2c1. The predicted molar refractivity (Wildman–Crippen MR) is 82.3 cm³/mol. The van der Waals surface area contributed by atoms with Crippen molar-refractivity contribution in [2.75, 3.05) is 0 Å². The zero-order valence-corrected chi connectivity index (χ0v) is 11.9. The summed E-state index contributed by atoms with van der Waals surface area (Å²) in [6, 6.07) is 11.3. The van der Waals surface area contributed by atoms with Gasteiger partial charge in [0.25, 0.3) is 0 Å². The Hall–Kier alpha value is -3.02. The molecule has 0 unspecified atom stereocenters. The number of hydrogen-bond acceptors (Lipinski definition) is 3. The van der Waals surface area contributed by atoms with Crippen LogP contribution in [-0.4, -0.2) is 17.5 Å². The van der Waals surface area contributed by atoms with E-state index in [4.69, 9.17) is 5.73 Å². The van der Waals surface area contributed by atoms with Crippen molar-refractivity contribution in [1.82, 2.24) is 4.98 Å². The quantitative estimate of drug-likeness (QED) is 0.800. The fraction of sp³-hybridized carbons (Fsp3) is 0.0588. The Morgan fingerprint density at radius 2 is 1.83 bits per heavy atom. The van der Waals surface area contributed by atoms with E-state index < -0.39 is 12.5 Å². The Morgan fingerprint density at radius 1 is 1.09 bits per heavy atom. The van der Waals surface area contributed by atoms with Crippen LogP contribution in [0.25, 0.3) is 21.9 Å². The van der Waals surface area contributed by atoms with Gasteiger partial charge in [0.05, 0.1) is 0 Å². The minimum absolute atomic E-state index is 0.0785. The lowest BCUT2D eigenvalue weighted by atomic mass is 9.99. The highest BCUT2D eigenvalue weighted by Gasteiger charge is 2.09. The summed E-state index contributed by atoms with van der Waals surface area (Å²) in [4.78, 5) is 15.5. The third-order valence-electron chi connectivity index (χ3n) is 3.44. The molecule has 0 saturated heterocycles. The lowest BCUT2D eigenvalue weighted by molar-refractivity contribution is -0.0498. The summed E-state index contributed by atoms with van der Waals surface area (Å²) in [5.74, 6) is -0.440. The van der Waals surface area contributed by atoms with Crippen LogP contribution in [0.5, 0.6) is 5.75 Å². The second-order valence-corrected chi connectivity index (χ2v) is 4.89. The maximum atomic E-state index is 12.2. The predicted octanol–water partition coefficient (Wildman–Crippen LogP) is 3.60. The maximum absolute atomic E-state index is 12.2. The third kappa shape index (κ3) is 3.11. The zero-order valence-electron chi connectivity index (χ0n) is 11.9. The number of ether oxygens (including phenoxy) is 1. The molecule has 2 aromatic carbocycles. The first-order valence-electron chi connectivity index (χ1n) is 6.77. The van der Waals surface area contributed by atoms with Crippen LogP contribution in [0.3, 0.4) is 0 Å². The summed E-state index contributed by atoms with van der Waals surface area (Å²) in [5.41, 5.74) is 7.25. The molecule has 1 amide bonds. The lowest BCUT2D eigenvalue weighted by Gasteiger charge is -2.09. The van der Waals surface area contributed by atoms with Gasteiger partial charge in [0, 0.05) is 28.9 Å². The van der Waals surface area contributed by atoms with Gasteiger partial charge in [-0.2, -0.15) is 8.78 Å². The highest BCUT2D eigenvalue weighted by Crippen LogP contribution is 2.30. The molecule has 0 bridgehead atoms. The molecule has 0 aliphatic heterocycles.